The predicted octanol–water partition coefficient (Wildman–Crippen LogP) is 4.07. The standard InChI is InChI=1S/C14H14BrNO2S/c1-2-18-13(17)8-7-12-9-19-14(16-12)10-3-5-11(15)6-4-10/h3-6,9H,2,7-8H2,1H3. The summed E-state index contributed by atoms with van der Waals surface area (Å²) >= 11 is 5.01. The highest BCUT2D eigenvalue weighted by atomic mass is 79.9. The third-order valence-corrected chi connectivity index (χ3v) is 4.00. The van der Waals surface area contributed by atoms with Crippen molar-refractivity contribution in [2.75, 3.05) is 6.61 Å². The zero-order valence-electron chi connectivity index (χ0n) is 10.6. The molecule has 0 aliphatic heterocycles. The molecule has 0 spiro atoms. The Bertz CT molecular complexity index is 551. The Hall–Kier alpha value is -1.20. The lowest BCUT2D eigenvalue weighted by Crippen LogP contribution is -2.05. The van der Waals surface area contributed by atoms with E-state index in [4.69, 9.17) is 4.74 Å². The average molecular weight is 340 g/mol. The van der Waals surface area contributed by atoms with E-state index >= 15 is 0 Å². The summed E-state index contributed by atoms with van der Waals surface area (Å²) in [6, 6.07) is 8.04. The number of aryl methyl sites for hydroxylation is 1. The molecule has 0 N–H and O–H groups in total. The maximum absolute atomic E-state index is 11.3. The molecular weight excluding hydrogens is 326 g/mol. The van der Waals surface area contributed by atoms with Gasteiger partial charge in [0, 0.05) is 21.8 Å². The summed E-state index contributed by atoms with van der Waals surface area (Å²) in [6.07, 6.45) is 1.02. The van der Waals surface area contributed by atoms with Crippen molar-refractivity contribution >= 4 is 33.2 Å². The van der Waals surface area contributed by atoms with Gasteiger partial charge in [0.15, 0.2) is 0 Å². The van der Waals surface area contributed by atoms with Gasteiger partial charge in [-0.15, -0.1) is 11.3 Å². The van der Waals surface area contributed by atoms with Crippen LogP contribution in [0.2, 0.25) is 0 Å². The van der Waals surface area contributed by atoms with Crippen molar-refractivity contribution in [1.29, 1.82) is 0 Å². The first-order valence-corrected chi connectivity index (χ1v) is 7.72. The molecular formula is C14H14BrNO2S. The number of thiazole rings is 1. The van der Waals surface area contributed by atoms with Crippen molar-refractivity contribution in [1.82, 2.24) is 4.98 Å². The fourth-order valence-corrected chi connectivity index (χ4v) is 2.73. The number of aromatic nitrogens is 1. The Morgan fingerprint density at radius 2 is 2.11 bits per heavy atom. The van der Waals surface area contributed by atoms with Crippen LogP contribution in [-0.4, -0.2) is 17.6 Å². The van der Waals surface area contributed by atoms with Crippen molar-refractivity contribution in [2.45, 2.75) is 19.8 Å². The van der Waals surface area contributed by atoms with E-state index in [1.807, 2.05) is 36.6 Å². The number of hydrogen-bond acceptors (Lipinski definition) is 4. The smallest absolute Gasteiger partial charge is 0.306 e. The number of halogens is 1. The summed E-state index contributed by atoms with van der Waals surface area (Å²) in [5, 5.41) is 2.97. The Kier molecular flexibility index (Phi) is 5.10. The van der Waals surface area contributed by atoms with Crippen LogP contribution < -0.4 is 0 Å². The van der Waals surface area contributed by atoms with E-state index in [1.54, 1.807) is 11.3 Å². The molecule has 3 nitrogen and oxygen atoms in total. The van der Waals surface area contributed by atoms with Crippen LogP contribution in [0.15, 0.2) is 34.1 Å². The molecule has 0 aliphatic carbocycles. The Morgan fingerprint density at radius 3 is 2.79 bits per heavy atom. The molecule has 0 bridgehead atoms. The quantitative estimate of drug-likeness (QED) is 0.771. The van der Waals surface area contributed by atoms with Crippen LogP contribution in [-0.2, 0) is 16.0 Å². The van der Waals surface area contributed by atoms with Crippen LogP contribution in [0, 0.1) is 0 Å². The monoisotopic (exact) mass is 339 g/mol. The number of benzene rings is 1. The van der Waals surface area contributed by atoms with E-state index in [9.17, 15) is 4.79 Å². The highest BCUT2D eigenvalue weighted by Gasteiger charge is 2.07. The lowest BCUT2D eigenvalue weighted by molar-refractivity contribution is -0.143. The number of carbonyl (C=O) groups excluding carboxylic acids is 1. The molecule has 0 saturated carbocycles. The largest absolute Gasteiger partial charge is 0.466 e. The number of rotatable bonds is 5. The van der Waals surface area contributed by atoms with E-state index in [0.717, 1.165) is 20.7 Å². The number of ether oxygens (including phenoxy) is 1. The highest BCUT2D eigenvalue weighted by molar-refractivity contribution is 9.10. The van der Waals surface area contributed by atoms with Gasteiger partial charge in [0.25, 0.3) is 0 Å². The number of hydrogen-bond donors (Lipinski definition) is 0. The molecule has 0 aliphatic rings. The molecule has 0 saturated heterocycles. The molecule has 1 heterocycles. The van der Waals surface area contributed by atoms with Crippen molar-refractivity contribution in [2.24, 2.45) is 0 Å². The van der Waals surface area contributed by atoms with Crippen molar-refractivity contribution in [3.05, 3.63) is 39.8 Å². The van der Waals surface area contributed by atoms with E-state index in [0.29, 0.717) is 19.4 Å². The normalized spacial score (nSPS) is 10.4. The average Bonchev–Trinajstić information content (AvgIpc) is 2.86. The molecule has 2 rings (SSSR count). The maximum atomic E-state index is 11.3. The lowest BCUT2D eigenvalue weighted by atomic mass is 10.2. The van der Waals surface area contributed by atoms with Crippen LogP contribution in [0.5, 0.6) is 0 Å². The molecule has 1 aromatic carbocycles. The second kappa shape index (κ2) is 6.82. The van der Waals surface area contributed by atoms with Gasteiger partial charge in [-0.2, -0.15) is 0 Å². The molecule has 0 fully saturated rings. The van der Waals surface area contributed by atoms with Crippen molar-refractivity contribution < 1.29 is 9.53 Å². The summed E-state index contributed by atoms with van der Waals surface area (Å²) in [5.74, 6) is -0.166. The zero-order valence-corrected chi connectivity index (χ0v) is 13.0. The summed E-state index contributed by atoms with van der Waals surface area (Å²) in [4.78, 5) is 15.8. The molecule has 19 heavy (non-hydrogen) atoms. The Balaban J connectivity index is 1.99. The van der Waals surface area contributed by atoms with E-state index < -0.39 is 0 Å². The number of carbonyl (C=O) groups is 1. The van der Waals surface area contributed by atoms with Gasteiger partial charge in [0.1, 0.15) is 5.01 Å². The summed E-state index contributed by atoms with van der Waals surface area (Å²) in [5.41, 5.74) is 2.03. The van der Waals surface area contributed by atoms with Gasteiger partial charge in [-0.25, -0.2) is 4.98 Å². The lowest BCUT2D eigenvalue weighted by Gasteiger charge is -1.99. The third kappa shape index (κ3) is 4.14. The molecule has 0 atom stereocenters. The van der Waals surface area contributed by atoms with E-state index in [2.05, 4.69) is 20.9 Å². The second-order valence-corrected chi connectivity index (χ2v) is 5.73. The number of esters is 1. The van der Waals surface area contributed by atoms with E-state index in [1.165, 1.54) is 0 Å². The summed E-state index contributed by atoms with van der Waals surface area (Å²) < 4.78 is 5.95. The van der Waals surface area contributed by atoms with Crippen LogP contribution in [0.3, 0.4) is 0 Å². The van der Waals surface area contributed by atoms with Gasteiger partial charge in [0.2, 0.25) is 0 Å². The van der Waals surface area contributed by atoms with Crippen LogP contribution in [0.1, 0.15) is 19.0 Å². The molecule has 0 amide bonds. The second-order valence-electron chi connectivity index (χ2n) is 3.96. The molecule has 0 unspecified atom stereocenters. The molecule has 2 aromatic rings. The first-order valence-electron chi connectivity index (χ1n) is 6.05. The summed E-state index contributed by atoms with van der Waals surface area (Å²) in [6.45, 7) is 2.24. The Morgan fingerprint density at radius 1 is 1.37 bits per heavy atom. The minimum absolute atomic E-state index is 0.166. The zero-order chi connectivity index (χ0) is 13.7. The molecule has 1 aromatic heterocycles. The van der Waals surface area contributed by atoms with Crippen molar-refractivity contribution in [3.8, 4) is 10.6 Å². The first-order chi connectivity index (χ1) is 9.19. The van der Waals surface area contributed by atoms with Gasteiger partial charge in [-0.3, -0.25) is 4.79 Å². The van der Waals surface area contributed by atoms with Gasteiger partial charge in [-0.1, -0.05) is 28.1 Å². The maximum Gasteiger partial charge on any atom is 0.306 e. The van der Waals surface area contributed by atoms with Crippen LogP contribution in [0.4, 0.5) is 0 Å². The van der Waals surface area contributed by atoms with Crippen LogP contribution >= 0.6 is 27.3 Å². The minimum Gasteiger partial charge on any atom is -0.466 e. The SMILES string of the molecule is CCOC(=O)CCc1csc(-c2ccc(Br)cc2)n1. The van der Waals surface area contributed by atoms with E-state index in [-0.39, 0.29) is 5.97 Å². The molecule has 5 heteroatoms. The predicted molar refractivity (Wildman–Crippen MR) is 80.2 cm³/mol. The van der Waals surface area contributed by atoms with Gasteiger partial charge in [-0.05, 0) is 19.1 Å². The topological polar surface area (TPSA) is 39.2 Å². The Labute approximate surface area is 124 Å². The fraction of sp³-hybridized carbons (Fsp3) is 0.286. The highest BCUT2D eigenvalue weighted by Crippen LogP contribution is 2.25. The third-order valence-electron chi connectivity index (χ3n) is 2.53. The first kappa shape index (κ1) is 14.2. The fourth-order valence-electron chi connectivity index (χ4n) is 1.61. The number of nitrogens with zero attached hydrogens (tertiary/aromatic N) is 1. The van der Waals surface area contributed by atoms with Gasteiger partial charge in [0.05, 0.1) is 18.7 Å². The summed E-state index contributed by atoms with van der Waals surface area (Å²) in [7, 11) is 0. The minimum atomic E-state index is -0.166. The van der Waals surface area contributed by atoms with Crippen LogP contribution in [0.25, 0.3) is 10.6 Å². The molecule has 0 radical (unpaired) electrons. The van der Waals surface area contributed by atoms with Gasteiger partial charge >= 0.3 is 5.97 Å². The van der Waals surface area contributed by atoms with Crippen molar-refractivity contribution in [3.63, 3.8) is 0 Å². The molecule has 100 valence electrons. The van der Waals surface area contributed by atoms with Gasteiger partial charge < -0.3 is 4.74 Å².